The second-order valence-corrected chi connectivity index (χ2v) is 7.58. The van der Waals surface area contributed by atoms with Gasteiger partial charge in [-0.25, -0.2) is 4.79 Å². The van der Waals surface area contributed by atoms with E-state index in [9.17, 15) is 4.79 Å². The molecule has 2 aromatic rings. The first-order valence-electron chi connectivity index (χ1n) is 10.2. The van der Waals surface area contributed by atoms with E-state index in [0.29, 0.717) is 35.2 Å². The van der Waals surface area contributed by atoms with Crippen LogP contribution in [0, 0.1) is 22.7 Å². The number of hydrogen-bond acceptors (Lipinski definition) is 5. The third-order valence-corrected chi connectivity index (χ3v) is 5.54. The minimum atomic E-state index is -0.424. The van der Waals surface area contributed by atoms with Gasteiger partial charge < -0.3 is 14.4 Å². The van der Waals surface area contributed by atoms with E-state index >= 15 is 0 Å². The molecule has 6 heteroatoms. The molecule has 0 aliphatic carbocycles. The zero-order valence-electron chi connectivity index (χ0n) is 17.5. The summed E-state index contributed by atoms with van der Waals surface area (Å²) in [5.74, 6) is 1.41. The molecule has 156 valence electrons. The molecule has 1 N–H and O–H groups in total. The molecule has 0 saturated carbocycles. The maximum Gasteiger partial charge on any atom is 0.338 e. The highest BCUT2D eigenvalue weighted by Crippen LogP contribution is 2.28. The Hall–Kier alpha value is -3.33. The molecule has 3 rings (SSSR count). The number of nitriles is 1. The van der Waals surface area contributed by atoms with Crippen LogP contribution in [-0.2, 0) is 4.74 Å². The molecule has 2 aromatic carbocycles. The van der Waals surface area contributed by atoms with Crippen molar-refractivity contribution in [2.75, 3.05) is 26.8 Å². The molecule has 0 radical (unpaired) electrons. The van der Waals surface area contributed by atoms with Crippen LogP contribution >= 0.6 is 0 Å². The van der Waals surface area contributed by atoms with Gasteiger partial charge in [0.05, 0.1) is 36.7 Å². The third kappa shape index (κ3) is 5.38. The Bertz CT molecular complexity index is 956. The maximum absolute atomic E-state index is 12.1. The van der Waals surface area contributed by atoms with Crippen molar-refractivity contribution in [3.8, 4) is 22.9 Å². The lowest BCUT2D eigenvalue weighted by Crippen LogP contribution is -2.36. The minimum absolute atomic E-state index is 0.419. The maximum atomic E-state index is 12.1. The Morgan fingerprint density at radius 1 is 1.20 bits per heavy atom. The molecular formula is C24H27N3O3. The first-order valence-corrected chi connectivity index (χ1v) is 10.2. The summed E-state index contributed by atoms with van der Waals surface area (Å²) in [7, 11) is 1.36. The van der Waals surface area contributed by atoms with E-state index in [1.165, 1.54) is 7.11 Å². The third-order valence-electron chi connectivity index (χ3n) is 5.54. The highest BCUT2D eigenvalue weighted by molar-refractivity contribution is 5.91. The van der Waals surface area contributed by atoms with E-state index < -0.39 is 5.97 Å². The van der Waals surface area contributed by atoms with E-state index in [4.69, 9.17) is 20.1 Å². The van der Waals surface area contributed by atoms with Crippen LogP contribution in [0.4, 0.5) is 0 Å². The predicted molar refractivity (Wildman–Crippen MR) is 116 cm³/mol. The molecule has 1 aliphatic heterocycles. The smallest absolute Gasteiger partial charge is 0.338 e. The average molecular weight is 405 g/mol. The average Bonchev–Trinajstić information content (AvgIpc) is 2.78. The number of ether oxygens (including phenoxy) is 2. The molecule has 0 bridgehead atoms. The van der Waals surface area contributed by atoms with Gasteiger partial charge in [0.2, 0.25) is 0 Å². The molecule has 0 atom stereocenters. The van der Waals surface area contributed by atoms with Gasteiger partial charge in [-0.2, -0.15) is 5.26 Å². The summed E-state index contributed by atoms with van der Waals surface area (Å²) < 4.78 is 10.9. The van der Waals surface area contributed by atoms with E-state index in [2.05, 4.69) is 11.0 Å². The van der Waals surface area contributed by atoms with Gasteiger partial charge in [-0.15, -0.1) is 0 Å². The largest absolute Gasteiger partial charge is 0.494 e. The van der Waals surface area contributed by atoms with E-state index in [0.717, 1.165) is 43.5 Å². The molecule has 6 nitrogen and oxygen atoms in total. The Kier molecular flexibility index (Phi) is 7.08. The van der Waals surface area contributed by atoms with Gasteiger partial charge in [0.15, 0.2) is 0 Å². The van der Waals surface area contributed by atoms with Crippen LogP contribution in [-0.4, -0.2) is 43.5 Å². The summed E-state index contributed by atoms with van der Waals surface area (Å²) in [5.41, 5.74) is 2.63. The number of amidine groups is 1. The topological polar surface area (TPSA) is 86.4 Å². The molecule has 0 spiro atoms. The van der Waals surface area contributed by atoms with E-state index in [-0.39, 0.29) is 0 Å². The Labute approximate surface area is 177 Å². The summed E-state index contributed by atoms with van der Waals surface area (Å²) in [6, 6.07) is 14.7. The summed E-state index contributed by atoms with van der Waals surface area (Å²) in [6.45, 7) is 4.26. The fraction of sp³-hybridized carbons (Fsp3) is 0.375. The van der Waals surface area contributed by atoms with E-state index in [1.54, 1.807) is 24.3 Å². The molecule has 0 aromatic heterocycles. The van der Waals surface area contributed by atoms with Gasteiger partial charge in [-0.1, -0.05) is 12.1 Å². The van der Waals surface area contributed by atoms with E-state index in [1.807, 2.05) is 25.1 Å². The van der Waals surface area contributed by atoms with Crippen LogP contribution in [0.3, 0.4) is 0 Å². The molecule has 1 saturated heterocycles. The van der Waals surface area contributed by atoms with Gasteiger partial charge in [0.25, 0.3) is 0 Å². The molecule has 1 aliphatic rings. The molecule has 1 heterocycles. The lowest BCUT2D eigenvalue weighted by molar-refractivity contribution is 0.0600. The van der Waals surface area contributed by atoms with Crippen molar-refractivity contribution in [1.82, 2.24) is 4.90 Å². The number of nitrogens with zero attached hydrogens (tertiary/aromatic N) is 2. The van der Waals surface area contributed by atoms with Crippen molar-refractivity contribution in [2.45, 2.75) is 26.2 Å². The summed E-state index contributed by atoms with van der Waals surface area (Å²) in [6.07, 6.45) is 3.06. The SMILES string of the molecule is COC(=O)c1cc(OCCC2CCN(C(C)=N)CC2)cc(-c2cccc(C#N)c2)c1. The predicted octanol–water partition coefficient (Wildman–Crippen LogP) is 4.49. The van der Waals surface area contributed by atoms with Crippen LogP contribution in [0.2, 0.25) is 0 Å². The number of hydrogen-bond donors (Lipinski definition) is 1. The second kappa shape index (κ2) is 9.93. The number of likely N-dealkylation sites (tertiary alicyclic amines) is 1. The summed E-state index contributed by atoms with van der Waals surface area (Å²) >= 11 is 0. The number of nitrogens with one attached hydrogen (secondary N) is 1. The summed E-state index contributed by atoms with van der Waals surface area (Å²) in [5, 5.41) is 16.9. The summed E-state index contributed by atoms with van der Waals surface area (Å²) in [4.78, 5) is 14.2. The normalized spacial score (nSPS) is 14.1. The number of esters is 1. The monoisotopic (exact) mass is 405 g/mol. The fourth-order valence-corrected chi connectivity index (χ4v) is 3.75. The van der Waals surface area contributed by atoms with Crippen molar-refractivity contribution in [3.63, 3.8) is 0 Å². The number of benzene rings is 2. The first-order chi connectivity index (χ1) is 14.5. The number of piperidine rings is 1. The Morgan fingerprint density at radius 3 is 2.63 bits per heavy atom. The zero-order valence-corrected chi connectivity index (χ0v) is 17.5. The lowest BCUT2D eigenvalue weighted by atomic mass is 9.94. The van der Waals surface area contributed by atoms with Crippen LogP contribution < -0.4 is 4.74 Å². The van der Waals surface area contributed by atoms with Crippen molar-refractivity contribution < 1.29 is 14.3 Å². The van der Waals surface area contributed by atoms with Crippen LogP contribution in [0.25, 0.3) is 11.1 Å². The first kappa shape index (κ1) is 21.4. The zero-order chi connectivity index (χ0) is 21.5. The van der Waals surface area contributed by atoms with Crippen molar-refractivity contribution >= 4 is 11.8 Å². The lowest BCUT2D eigenvalue weighted by Gasteiger charge is -2.32. The second-order valence-electron chi connectivity index (χ2n) is 7.58. The molecule has 0 amide bonds. The van der Waals surface area contributed by atoms with Crippen molar-refractivity contribution in [3.05, 3.63) is 53.6 Å². The number of carbonyl (C=O) groups excluding carboxylic acids is 1. The standard InChI is InChI=1S/C24H27N3O3/c1-17(26)27-9-6-18(7-10-27)8-11-30-23-14-21(13-22(15-23)24(28)29-2)20-5-3-4-19(12-20)16-25/h3-5,12-15,18,26H,6-11H2,1-2H3. The van der Waals surface area contributed by atoms with Crippen LogP contribution in [0.5, 0.6) is 5.75 Å². The van der Waals surface area contributed by atoms with Gasteiger partial charge in [0, 0.05) is 13.1 Å². The highest BCUT2D eigenvalue weighted by Gasteiger charge is 2.19. The molecular weight excluding hydrogens is 378 g/mol. The molecule has 0 unspecified atom stereocenters. The fourth-order valence-electron chi connectivity index (χ4n) is 3.75. The quantitative estimate of drug-likeness (QED) is 0.435. The van der Waals surface area contributed by atoms with Gasteiger partial charge in [-0.3, -0.25) is 5.41 Å². The minimum Gasteiger partial charge on any atom is -0.494 e. The molecule has 1 fully saturated rings. The van der Waals surface area contributed by atoms with Crippen molar-refractivity contribution in [2.24, 2.45) is 5.92 Å². The molecule has 30 heavy (non-hydrogen) atoms. The Morgan fingerprint density at radius 2 is 1.97 bits per heavy atom. The number of methoxy groups -OCH3 is 1. The van der Waals surface area contributed by atoms with Crippen molar-refractivity contribution in [1.29, 1.82) is 10.7 Å². The van der Waals surface area contributed by atoms with Gasteiger partial charge in [-0.05, 0) is 73.6 Å². The van der Waals surface area contributed by atoms with Gasteiger partial charge in [0.1, 0.15) is 5.75 Å². The highest BCUT2D eigenvalue weighted by atomic mass is 16.5. The number of rotatable bonds is 6. The van der Waals surface area contributed by atoms with Crippen LogP contribution in [0.15, 0.2) is 42.5 Å². The van der Waals surface area contributed by atoms with Gasteiger partial charge >= 0.3 is 5.97 Å². The Balaban J connectivity index is 1.70. The number of carbonyl (C=O) groups is 1. The van der Waals surface area contributed by atoms with Crippen LogP contribution in [0.1, 0.15) is 42.1 Å².